The summed E-state index contributed by atoms with van der Waals surface area (Å²) < 4.78 is 2.10. The number of aryl methyl sites for hydroxylation is 1. The number of aliphatic hydroxyl groups excluding tert-OH is 1. The number of nitrogens with zero attached hydrogens (tertiary/aromatic N) is 2. The Balaban J connectivity index is 2.06. The molecule has 0 spiro atoms. The largest absolute Gasteiger partial charge is 0.385 e. The molecule has 1 aromatic rings. The third-order valence-corrected chi connectivity index (χ3v) is 3.57. The summed E-state index contributed by atoms with van der Waals surface area (Å²) in [7, 11) is 0. The topological polar surface area (TPSA) is 38.0 Å². The van der Waals surface area contributed by atoms with E-state index in [1.165, 1.54) is 19.3 Å². The number of hydrogen-bond acceptors (Lipinski definition) is 2. The molecule has 1 atom stereocenters. The van der Waals surface area contributed by atoms with Crippen molar-refractivity contribution in [3.63, 3.8) is 0 Å². The fourth-order valence-corrected chi connectivity index (χ4v) is 2.68. The van der Waals surface area contributed by atoms with Gasteiger partial charge in [0, 0.05) is 18.9 Å². The van der Waals surface area contributed by atoms with Crippen LogP contribution in [-0.2, 0) is 6.54 Å². The molecule has 1 heterocycles. The molecule has 1 unspecified atom stereocenters. The molecule has 1 aliphatic carbocycles. The second-order valence-corrected chi connectivity index (χ2v) is 4.82. The van der Waals surface area contributed by atoms with Crippen molar-refractivity contribution < 1.29 is 5.11 Å². The predicted octanol–water partition coefficient (Wildman–Crippen LogP) is 2.91. The van der Waals surface area contributed by atoms with Gasteiger partial charge >= 0.3 is 0 Å². The van der Waals surface area contributed by atoms with Crippen LogP contribution < -0.4 is 0 Å². The number of imidazole rings is 1. The van der Waals surface area contributed by atoms with Gasteiger partial charge in [-0.3, -0.25) is 0 Å². The van der Waals surface area contributed by atoms with Crippen LogP contribution in [0.3, 0.4) is 0 Å². The molecule has 0 bridgehead atoms. The van der Waals surface area contributed by atoms with E-state index in [0.29, 0.717) is 5.92 Å². The van der Waals surface area contributed by atoms with E-state index in [1.54, 1.807) is 6.20 Å². The first-order valence-corrected chi connectivity index (χ1v) is 6.52. The minimum Gasteiger partial charge on any atom is -0.385 e. The van der Waals surface area contributed by atoms with Crippen LogP contribution in [0.15, 0.2) is 12.4 Å². The summed E-state index contributed by atoms with van der Waals surface area (Å²) in [4.78, 5) is 4.32. The highest BCUT2D eigenvalue weighted by Crippen LogP contribution is 2.33. The molecular formula is C13H22N2O. The average molecular weight is 222 g/mol. The normalized spacial score (nSPS) is 19.9. The number of aromatic nitrogens is 2. The fraction of sp³-hybridized carbons (Fsp3) is 0.769. The van der Waals surface area contributed by atoms with Gasteiger partial charge in [-0.25, -0.2) is 4.98 Å². The molecule has 1 aliphatic rings. The van der Waals surface area contributed by atoms with Gasteiger partial charge in [0.1, 0.15) is 11.9 Å². The molecule has 3 heteroatoms. The van der Waals surface area contributed by atoms with Crippen molar-refractivity contribution >= 4 is 0 Å². The average Bonchev–Trinajstić information content (AvgIpc) is 2.78. The van der Waals surface area contributed by atoms with E-state index >= 15 is 0 Å². The Kier molecular flexibility index (Phi) is 3.99. The van der Waals surface area contributed by atoms with Crippen LogP contribution in [0.25, 0.3) is 0 Å². The molecule has 1 aromatic heterocycles. The third-order valence-electron chi connectivity index (χ3n) is 3.57. The summed E-state index contributed by atoms with van der Waals surface area (Å²) >= 11 is 0. The van der Waals surface area contributed by atoms with Crippen molar-refractivity contribution in [3.8, 4) is 0 Å². The summed E-state index contributed by atoms with van der Waals surface area (Å²) in [6.07, 6.45) is 10.7. The number of aliphatic hydroxyl groups is 1. The van der Waals surface area contributed by atoms with E-state index in [4.69, 9.17) is 0 Å². The minimum atomic E-state index is -0.359. The first-order chi connectivity index (χ1) is 7.83. The molecule has 1 N–H and O–H groups in total. The van der Waals surface area contributed by atoms with Crippen LogP contribution >= 0.6 is 0 Å². The van der Waals surface area contributed by atoms with Crippen LogP contribution in [0, 0.1) is 5.92 Å². The van der Waals surface area contributed by atoms with Gasteiger partial charge in [-0.05, 0) is 25.2 Å². The maximum Gasteiger partial charge on any atom is 0.137 e. The van der Waals surface area contributed by atoms with E-state index in [1.807, 2.05) is 6.20 Å². The van der Waals surface area contributed by atoms with Gasteiger partial charge in [-0.15, -0.1) is 0 Å². The molecule has 0 aliphatic heterocycles. The first-order valence-electron chi connectivity index (χ1n) is 6.52. The van der Waals surface area contributed by atoms with Crippen molar-refractivity contribution in [1.82, 2.24) is 9.55 Å². The van der Waals surface area contributed by atoms with Crippen LogP contribution in [0.5, 0.6) is 0 Å². The van der Waals surface area contributed by atoms with Crippen molar-refractivity contribution in [1.29, 1.82) is 0 Å². The lowest BCUT2D eigenvalue weighted by Crippen LogP contribution is -2.19. The van der Waals surface area contributed by atoms with Gasteiger partial charge in [0.25, 0.3) is 0 Å². The van der Waals surface area contributed by atoms with Crippen molar-refractivity contribution in [2.24, 2.45) is 5.92 Å². The van der Waals surface area contributed by atoms with E-state index in [0.717, 1.165) is 31.6 Å². The molecule has 0 aromatic carbocycles. The molecule has 3 nitrogen and oxygen atoms in total. The van der Waals surface area contributed by atoms with Crippen LogP contribution in [0.2, 0.25) is 0 Å². The Bertz CT molecular complexity index is 315. The molecule has 90 valence electrons. The van der Waals surface area contributed by atoms with Gasteiger partial charge in [0.05, 0.1) is 0 Å². The summed E-state index contributed by atoms with van der Waals surface area (Å²) in [6, 6.07) is 0. The van der Waals surface area contributed by atoms with Gasteiger partial charge in [0.15, 0.2) is 0 Å². The van der Waals surface area contributed by atoms with Crippen LogP contribution in [-0.4, -0.2) is 14.7 Å². The lowest BCUT2D eigenvalue weighted by molar-refractivity contribution is 0.0739. The zero-order valence-electron chi connectivity index (χ0n) is 10.1. The molecule has 0 saturated heterocycles. The highest BCUT2D eigenvalue weighted by atomic mass is 16.3. The van der Waals surface area contributed by atoms with Crippen LogP contribution in [0.1, 0.15) is 57.4 Å². The van der Waals surface area contributed by atoms with E-state index < -0.39 is 0 Å². The second kappa shape index (κ2) is 5.48. The predicted molar refractivity (Wildman–Crippen MR) is 64.1 cm³/mol. The van der Waals surface area contributed by atoms with Crippen molar-refractivity contribution in [3.05, 3.63) is 18.2 Å². The summed E-state index contributed by atoms with van der Waals surface area (Å²) in [5.74, 6) is 1.29. The van der Waals surface area contributed by atoms with Crippen molar-refractivity contribution in [2.75, 3.05) is 0 Å². The number of rotatable bonds is 4. The smallest absolute Gasteiger partial charge is 0.137 e. The molecule has 1 fully saturated rings. The quantitative estimate of drug-likeness (QED) is 0.850. The van der Waals surface area contributed by atoms with Crippen LogP contribution in [0.4, 0.5) is 0 Å². The Morgan fingerprint density at radius 2 is 2.19 bits per heavy atom. The standard InChI is InChI=1S/C13H22N2O/c1-2-9-15-10-8-14-13(15)12(16)11-6-4-3-5-7-11/h8,10-12,16H,2-7,9H2,1H3. The Labute approximate surface area is 97.5 Å². The monoisotopic (exact) mass is 222 g/mol. The molecular weight excluding hydrogens is 200 g/mol. The third kappa shape index (κ3) is 2.46. The van der Waals surface area contributed by atoms with Gasteiger partial charge in [-0.2, -0.15) is 0 Å². The Morgan fingerprint density at radius 3 is 2.88 bits per heavy atom. The molecule has 16 heavy (non-hydrogen) atoms. The zero-order valence-corrected chi connectivity index (χ0v) is 10.1. The molecule has 2 rings (SSSR count). The zero-order chi connectivity index (χ0) is 11.4. The van der Waals surface area contributed by atoms with E-state index in [2.05, 4.69) is 16.5 Å². The Morgan fingerprint density at radius 1 is 1.44 bits per heavy atom. The SMILES string of the molecule is CCCn1ccnc1C(O)C1CCCCC1. The Hall–Kier alpha value is -0.830. The van der Waals surface area contributed by atoms with Gasteiger partial charge in [0.2, 0.25) is 0 Å². The van der Waals surface area contributed by atoms with Gasteiger partial charge in [-0.1, -0.05) is 26.2 Å². The van der Waals surface area contributed by atoms with Gasteiger partial charge < -0.3 is 9.67 Å². The lowest BCUT2D eigenvalue weighted by Gasteiger charge is -2.26. The number of hydrogen-bond donors (Lipinski definition) is 1. The van der Waals surface area contributed by atoms with E-state index in [-0.39, 0.29) is 6.10 Å². The molecule has 1 saturated carbocycles. The fourth-order valence-electron chi connectivity index (χ4n) is 2.68. The van der Waals surface area contributed by atoms with E-state index in [9.17, 15) is 5.11 Å². The summed E-state index contributed by atoms with van der Waals surface area (Å²) in [5.41, 5.74) is 0. The highest BCUT2D eigenvalue weighted by Gasteiger charge is 2.25. The van der Waals surface area contributed by atoms with Crippen molar-refractivity contribution in [2.45, 2.75) is 58.1 Å². The maximum absolute atomic E-state index is 10.4. The maximum atomic E-state index is 10.4. The summed E-state index contributed by atoms with van der Waals surface area (Å²) in [5, 5.41) is 10.4. The molecule has 0 radical (unpaired) electrons. The lowest BCUT2D eigenvalue weighted by atomic mass is 9.85. The summed E-state index contributed by atoms with van der Waals surface area (Å²) in [6.45, 7) is 3.11. The molecule has 0 amide bonds. The first kappa shape index (κ1) is 11.6. The minimum absolute atomic E-state index is 0.359. The second-order valence-electron chi connectivity index (χ2n) is 4.82. The highest BCUT2D eigenvalue weighted by molar-refractivity contribution is 4.99.